The number of carbonyl (C=O) groups excluding carboxylic acids is 2. The van der Waals surface area contributed by atoms with E-state index in [1.165, 1.54) is 12.1 Å². The lowest BCUT2D eigenvalue weighted by atomic mass is 10.1. The van der Waals surface area contributed by atoms with Crippen molar-refractivity contribution in [3.63, 3.8) is 0 Å². The zero-order chi connectivity index (χ0) is 19.4. The van der Waals surface area contributed by atoms with Crippen LogP contribution >= 0.6 is 0 Å². The summed E-state index contributed by atoms with van der Waals surface area (Å²) in [7, 11) is 0. The topological polar surface area (TPSA) is 80.9 Å². The minimum atomic E-state index is -1.10. The Hall–Kier alpha value is -3.55. The fourth-order valence-electron chi connectivity index (χ4n) is 2.23. The number of nitrogens with one attached hydrogen (secondary N) is 1. The molecule has 27 heavy (non-hydrogen) atoms. The van der Waals surface area contributed by atoms with Gasteiger partial charge >= 0.3 is 5.97 Å². The van der Waals surface area contributed by atoms with Crippen molar-refractivity contribution >= 4 is 28.5 Å². The van der Waals surface area contributed by atoms with Crippen LogP contribution in [0.4, 0.5) is 14.5 Å². The molecule has 0 spiro atoms. The van der Waals surface area contributed by atoms with Gasteiger partial charge in [-0.3, -0.25) is 4.79 Å². The predicted octanol–water partition coefficient (Wildman–Crippen LogP) is 3.73. The number of amides is 1. The predicted molar refractivity (Wildman–Crippen MR) is 92.5 cm³/mol. The van der Waals surface area contributed by atoms with Crippen molar-refractivity contribution in [3.8, 4) is 0 Å². The number of fused-ring (bicyclic) bond motifs is 1. The summed E-state index contributed by atoms with van der Waals surface area (Å²) in [5.74, 6) is -3.43. The molecule has 0 aliphatic heterocycles. The standard InChI is InChI=1S/C19H14F2N2O4/c1-2-17(24)27-23-19-13(9-11-5-3-4-6-16(11)26-19)18(25)22-12-7-8-14(20)15(21)10-12/h3-10H,2H2,1H3,(H,22,25)/b23-19+. The van der Waals surface area contributed by atoms with E-state index in [1.54, 1.807) is 31.2 Å². The number of anilines is 1. The van der Waals surface area contributed by atoms with Crippen molar-refractivity contribution in [3.05, 3.63) is 71.3 Å². The van der Waals surface area contributed by atoms with Gasteiger partial charge in [0.2, 0.25) is 0 Å². The van der Waals surface area contributed by atoms with Crippen LogP contribution in [0.5, 0.6) is 0 Å². The molecule has 1 amide bonds. The summed E-state index contributed by atoms with van der Waals surface area (Å²) < 4.78 is 31.9. The van der Waals surface area contributed by atoms with Gasteiger partial charge in [0.05, 0.1) is 0 Å². The number of rotatable bonds is 4. The maximum absolute atomic E-state index is 13.3. The van der Waals surface area contributed by atoms with Gasteiger partial charge in [0.25, 0.3) is 11.5 Å². The smallest absolute Gasteiger partial charge is 0.334 e. The van der Waals surface area contributed by atoms with E-state index >= 15 is 0 Å². The average Bonchev–Trinajstić information content (AvgIpc) is 2.68. The number of hydrogen-bond donors (Lipinski definition) is 1. The molecule has 0 aliphatic carbocycles. The zero-order valence-electron chi connectivity index (χ0n) is 14.2. The second kappa shape index (κ2) is 7.77. The molecule has 0 bridgehead atoms. The van der Waals surface area contributed by atoms with E-state index in [-0.39, 0.29) is 23.2 Å². The second-order valence-corrected chi connectivity index (χ2v) is 5.49. The lowest BCUT2D eigenvalue weighted by Gasteiger charge is -2.07. The van der Waals surface area contributed by atoms with Crippen LogP contribution < -0.4 is 10.9 Å². The number of halogens is 2. The van der Waals surface area contributed by atoms with E-state index in [1.807, 2.05) is 0 Å². The number of carbonyl (C=O) groups is 2. The molecule has 2 aromatic carbocycles. The molecule has 1 heterocycles. The van der Waals surface area contributed by atoms with Crippen LogP contribution in [-0.2, 0) is 9.63 Å². The average molecular weight is 372 g/mol. The third-order valence-corrected chi connectivity index (χ3v) is 3.60. The maximum atomic E-state index is 13.3. The Kier molecular flexibility index (Phi) is 5.25. The normalized spacial score (nSPS) is 11.4. The lowest BCUT2D eigenvalue weighted by Crippen LogP contribution is -2.22. The molecule has 138 valence electrons. The molecule has 3 aromatic rings. The lowest BCUT2D eigenvalue weighted by molar-refractivity contribution is -0.144. The molecule has 1 N–H and O–H groups in total. The Morgan fingerprint density at radius 2 is 1.89 bits per heavy atom. The van der Waals surface area contributed by atoms with Gasteiger partial charge in [-0.15, -0.1) is 0 Å². The van der Waals surface area contributed by atoms with Crippen LogP contribution in [-0.4, -0.2) is 11.9 Å². The summed E-state index contributed by atoms with van der Waals surface area (Å²) in [6.45, 7) is 1.59. The monoisotopic (exact) mass is 372 g/mol. The quantitative estimate of drug-likeness (QED) is 0.559. The van der Waals surface area contributed by atoms with Crippen molar-refractivity contribution in [2.75, 3.05) is 5.32 Å². The van der Waals surface area contributed by atoms with E-state index in [4.69, 9.17) is 9.25 Å². The van der Waals surface area contributed by atoms with Crippen molar-refractivity contribution in [2.24, 2.45) is 5.16 Å². The molecule has 0 saturated carbocycles. The molecule has 0 saturated heterocycles. The highest BCUT2D eigenvalue weighted by molar-refractivity contribution is 6.05. The van der Waals surface area contributed by atoms with Gasteiger partial charge in [0.15, 0.2) is 11.6 Å². The summed E-state index contributed by atoms with van der Waals surface area (Å²) in [6.07, 6.45) is 0.0907. The zero-order valence-corrected chi connectivity index (χ0v) is 14.2. The Morgan fingerprint density at radius 1 is 1.11 bits per heavy atom. The summed E-state index contributed by atoms with van der Waals surface area (Å²) in [4.78, 5) is 28.7. The molecular formula is C19H14F2N2O4. The molecule has 0 aliphatic rings. The van der Waals surface area contributed by atoms with E-state index < -0.39 is 23.5 Å². The number of nitrogens with zero attached hydrogens (tertiary/aromatic N) is 1. The Bertz CT molecular complexity index is 1090. The largest absolute Gasteiger partial charge is 0.435 e. The van der Waals surface area contributed by atoms with Crippen molar-refractivity contribution in [1.29, 1.82) is 0 Å². The van der Waals surface area contributed by atoms with Gasteiger partial charge in [0.1, 0.15) is 11.1 Å². The van der Waals surface area contributed by atoms with Gasteiger partial charge < -0.3 is 14.6 Å². The molecule has 0 atom stereocenters. The summed E-state index contributed by atoms with van der Waals surface area (Å²) in [6, 6.07) is 11.3. The second-order valence-electron chi connectivity index (χ2n) is 5.49. The van der Waals surface area contributed by atoms with Crippen molar-refractivity contribution < 1.29 is 27.6 Å². The molecular weight excluding hydrogens is 358 g/mol. The molecule has 0 fully saturated rings. The molecule has 3 rings (SSSR count). The van der Waals surface area contributed by atoms with Gasteiger partial charge in [-0.05, 0) is 29.4 Å². The Balaban J connectivity index is 2.03. The van der Waals surface area contributed by atoms with Crippen LogP contribution in [0.1, 0.15) is 23.7 Å². The van der Waals surface area contributed by atoms with Crippen LogP contribution in [0.25, 0.3) is 11.0 Å². The molecule has 0 unspecified atom stereocenters. The first-order chi connectivity index (χ1) is 13.0. The van der Waals surface area contributed by atoms with Gasteiger partial charge in [-0.1, -0.05) is 25.1 Å². The minimum Gasteiger partial charge on any atom is -0.435 e. The van der Waals surface area contributed by atoms with Crippen LogP contribution in [0.3, 0.4) is 0 Å². The maximum Gasteiger partial charge on any atom is 0.334 e. The first kappa shape index (κ1) is 18.2. The van der Waals surface area contributed by atoms with Gasteiger partial charge in [-0.2, -0.15) is 0 Å². The number of hydrogen-bond acceptors (Lipinski definition) is 5. The number of para-hydroxylation sites is 1. The Morgan fingerprint density at radius 3 is 2.63 bits per heavy atom. The van der Waals surface area contributed by atoms with E-state index in [0.717, 1.165) is 12.1 Å². The molecule has 6 nitrogen and oxygen atoms in total. The summed E-state index contributed by atoms with van der Waals surface area (Å²) in [5, 5.41) is 6.64. The third-order valence-electron chi connectivity index (χ3n) is 3.60. The number of benzene rings is 2. The third kappa shape index (κ3) is 4.17. The summed E-state index contributed by atoms with van der Waals surface area (Å²) in [5.41, 5.74) is 0.203. The SMILES string of the molecule is CCC(=O)O/N=c1/oc2ccccc2cc1C(=O)Nc1ccc(F)c(F)c1. The van der Waals surface area contributed by atoms with E-state index in [0.29, 0.717) is 11.0 Å². The fourth-order valence-corrected chi connectivity index (χ4v) is 2.23. The molecule has 1 aromatic heterocycles. The molecule has 0 radical (unpaired) electrons. The Labute approximate surface area is 152 Å². The van der Waals surface area contributed by atoms with Crippen molar-refractivity contribution in [1.82, 2.24) is 0 Å². The highest BCUT2D eigenvalue weighted by Gasteiger charge is 2.15. The van der Waals surface area contributed by atoms with Gasteiger partial charge in [-0.25, -0.2) is 13.6 Å². The minimum absolute atomic E-state index is 0.0395. The highest BCUT2D eigenvalue weighted by atomic mass is 19.2. The first-order valence-corrected chi connectivity index (χ1v) is 8.01. The van der Waals surface area contributed by atoms with Crippen LogP contribution in [0, 0.1) is 11.6 Å². The van der Waals surface area contributed by atoms with Gasteiger partial charge in [0, 0.05) is 23.6 Å². The van der Waals surface area contributed by atoms with E-state index in [2.05, 4.69) is 10.5 Å². The fraction of sp³-hybridized carbons (Fsp3) is 0.105. The van der Waals surface area contributed by atoms with E-state index in [9.17, 15) is 18.4 Å². The van der Waals surface area contributed by atoms with Crippen molar-refractivity contribution in [2.45, 2.75) is 13.3 Å². The summed E-state index contributed by atoms with van der Waals surface area (Å²) >= 11 is 0. The first-order valence-electron chi connectivity index (χ1n) is 8.01. The van der Waals surface area contributed by atoms with Crippen LogP contribution in [0.15, 0.2) is 58.1 Å². The molecule has 8 heteroatoms. The highest BCUT2D eigenvalue weighted by Crippen LogP contribution is 2.16. The van der Waals surface area contributed by atoms with Crippen LogP contribution in [0.2, 0.25) is 0 Å².